The number of amides is 1. The minimum absolute atomic E-state index is 0.160. The maximum Gasteiger partial charge on any atom is 0.410 e. The van der Waals surface area contributed by atoms with Crippen LogP contribution in [-0.2, 0) is 4.74 Å². The third-order valence-electron chi connectivity index (χ3n) is 2.84. The summed E-state index contributed by atoms with van der Waals surface area (Å²) in [5, 5.41) is 9.83. The van der Waals surface area contributed by atoms with Crippen molar-refractivity contribution in [2.24, 2.45) is 11.8 Å². The number of hydrogen-bond donors (Lipinski definition) is 1. The molecule has 94 valence electrons. The van der Waals surface area contributed by atoms with Crippen LogP contribution in [0.2, 0.25) is 0 Å². The van der Waals surface area contributed by atoms with Crippen LogP contribution in [0.5, 0.6) is 0 Å². The second-order valence-corrected chi connectivity index (χ2v) is 5.86. The molecule has 0 aliphatic carbocycles. The summed E-state index contributed by atoms with van der Waals surface area (Å²) in [7, 11) is 0. The van der Waals surface area contributed by atoms with Gasteiger partial charge < -0.3 is 14.7 Å². The average Bonchev–Trinajstić information content (AvgIpc) is 2.44. The monoisotopic (exact) mass is 229 g/mol. The molecule has 1 aliphatic heterocycles. The Morgan fingerprint density at radius 3 is 2.31 bits per heavy atom. The second kappa shape index (κ2) is 4.62. The van der Waals surface area contributed by atoms with Crippen molar-refractivity contribution >= 4 is 6.09 Å². The van der Waals surface area contributed by atoms with Crippen LogP contribution in [0.25, 0.3) is 0 Å². The summed E-state index contributed by atoms with van der Waals surface area (Å²) in [5.74, 6) is 0.537. The second-order valence-electron chi connectivity index (χ2n) is 5.86. The van der Waals surface area contributed by atoms with E-state index >= 15 is 0 Å². The van der Waals surface area contributed by atoms with Crippen LogP contribution < -0.4 is 0 Å². The summed E-state index contributed by atoms with van der Waals surface area (Å²) in [6.07, 6.45) is -0.748. The number of nitrogens with zero attached hydrogens (tertiary/aromatic N) is 1. The number of β-amino-alcohol motifs (C(OH)–C–C–N with tert-alkyl or cyclic N) is 1. The van der Waals surface area contributed by atoms with Gasteiger partial charge in [0.15, 0.2) is 0 Å². The van der Waals surface area contributed by atoms with Gasteiger partial charge in [-0.1, -0.05) is 13.8 Å². The lowest BCUT2D eigenvalue weighted by Gasteiger charge is -2.24. The average molecular weight is 229 g/mol. The maximum atomic E-state index is 11.8. The lowest BCUT2D eigenvalue weighted by Crippen LogP contribution is -2.36. The van der Waals surface area contributed by atoms with E-state index in [1.807, 2.05) is 20.8 Å². The quantitative estimate of drug-likeness (QED) is 0.746. The molecule has 1 aliphatic rings. The summed E-state index contributed by atoms with van der Waals surface area (Å²) in [4.78, 5) is 13.4. The molecule has 0 aromatic heterocycles. The number of rotatable bonds is 1. The largest absolute Gasteiger partial charge is 0.444 e. The first-order valence-corrected chi connectivity index (χ1v) is 5.86. The molecule has 0 bridgehead atoms. The van der Waals surface area contributed by atoms with E-state index < -0.39 is 11.7 Å². The molecule has 1 amide bonds. The van der Waals surface area contributed by atoms with E-state index in [2.05, 4.69) is 13.8 Å². The zero-order valence-electron chi connectivity index (χ0n) is 10.9. The normalized spacial score (nSPS) is 26.3. The number of aliphatic hydroxyl groups excluding tert-OH is 1. The van der Waals surface area contributed by atoms with Gasteiger partial charge in [0.2, 0.25) is 0 Å². The molecular formula is C12H23NO3. The van der Waals surface area contributed by atoms with E-state index in [4.69, 9.17) is 4.74 Å². The van der Waals surface area contributed by atoms with Crippen molar-refractivity contribution in [3.8, 4) is 0 Å². The molecule has 1 saturated heterocycles. The number of aliphatic hydroxyl groups is 1. The van der Waals surface area contributed by atoms with Crippen LogP contribution >= 0.6 is 0 Å². The topological polar surface area (TPSA) is 49.8 Å². The number of carbonyl (C=O) groups is 1. The Hall–Kier alpha value is -0.770. The summed E-state index contributed by atoms with van der Waals surface area (Å²) in [6, 6.07) is 0. The van der Waals surface area contributed by atoms with Crippen molar-refractivity contribution in [2.45, 2.75) is 46.3 Å². The van der Waals surface area contributed by atoms with Crippen LogP contribution in [0.1, 0.15) is 34.6 Å². The highest BCUT2D eigenvalue weighted by Crippen LogP contribution is 2.25. The van der Waals surface area contributed by atoms with Gasteiger partial charge in [-0.15, -0.1) is 0 Å². The van der Waals surface area contributed by atoms with Gasteiger partial charge in [0.1, 0.15) is 5.60 Å². The lowest BCUT2D eigenvalue weighted by molar-refractivity contribution is 0.0269. The van der Waals surface area contributed by atoms with Crippen molar-refractivity contribution in [1.29, 1.82) is 0 Å². The Kier molecular flexibility index (Phi) is 3.84. The molecule has 0 aromatic carbocycles. The molecule has 0 radical (unpaired) electrons. The van der Waals surface area contributed by atoms with Gasteiger partial charge in [0.05, 0.1) is 12.6 Å². The molecule has 0 spiro atoms. The molecule has 0 aromatic rings. The SMILES string of the molecule is CC(C)[C@H]1CN(C(=O)OC(C)(C)C)C[C@@H]1O. The van der Waals surface area contributed by atoms with Crippen LogP contribution in [0.3, 0.4) is 0 Å². The van der Waals surface area contributed by atoms with Gasteiger partial charge >= 0.3 is 6.09 Å². The van der Waals surface area contributed by atoms with E-state index in [1.54, 1.807) is 4.90 Å². The lowest BCUT2D eigenvalue weighted by atomic mass is 9.93. The van der Waals surface area contributed by atoms with Crippen molar-refractivity contribution in [3.05, 3.63) is 0 Å². The molecule has 1 fully saturated rings. The predicted molar refractivity (Wildman–Crippen MR) is 62.1 cm³/mol. The molecule has 2 atom stereocenters. The van der Waals surface area contributed by atoms with Crippen LogP contribution in [0.4, 0.5) is 4.79 Å². The van der Waals surface area contributed by atoms with Gasteiger partial charge in [-0.05, 0) is 26.7 Å². The fraction of sp³-hybridized carbons (Fsp3) is 0.917. The first-order chi connectivity index (χ1) is 7.20. The third kappa shape index (κ3) is 3.37. The molecule has 0 unspecified atom stereocenters. The summed E-state index contributed by atoms with van der Waals surface area (Å²) in [5.41, 5.74) is -0.474. The highest BCUT2D eigenvalue weighted by Gasteiger charge is 2.37. The third-order valence-corrected chi connectivity index (χ3v) is 2.84. The smallest absolute Gasteiger partial charge is 0.410 e. The van der Waals surface area contributed by atoms with Crippen molar-refractivity contribution < 1.29 is 14.6 Å². The molecule has 1 rings (SSSR count). The standard InChI is InChI=1S/C12H23NO3/c1-8(2)9-6-13(7-10(9)14)11(15)16-12(3,4)5/h8-10,14H,6-7H2,1-5H3/t9-,10+/m1/s1. The predicted octanol–water partition coefficient (Wildman–Crippen LogP) is 1.87. The molecule has 4 nitrogen and oxygen atoms in total. The summed E-state index contributed by atoms with van der Waals surface area (Å²) < 4.78 is 5.27. The van der Waals surface area contributed by atoms with Gasteiger partial charge in [-0.25, -0.2) is 4.79 Å². The number of carbonyl (C=O) groups excluding carboxylic acids is 1. The Labute approximate surface area is 97.6 Å². The number of likely N-dealkylation sites (tertiary alicyclic amines) is 1. The van der Waals surface area contributed by atoms with Gasteiger partial charge in [-0.3, -0.25) is 0 Å². The van der Waals surface area contributed by atoms with Crippen LogP contribution in [0, 0.1) is 11.8 Å². The maximum absolute atomic E-state index is 11.8. The molecular weight excluding hydrogens is 206 g/mol. The van der Waals surface area contributed by atoms with E-state index in [-0.39, 0.29) is 12.0 Å². The van der Waals surface area contributed by atoms with Crippen molar-refractivity contribution in [2.75, 3.05) is 13.1 Å². The molecule has 1 N–H and O–H groups in total. The first-order valence-electron chi connectivity index (χ1n) is 5.86. The molecule has 16 heavy (non-hydrogen) atoms. The molecule has 1 heterocycles. The Bertz CT molecular complexity index is 257. The van der Waals surface area contributed by atoms with Crippen molar-refractivity contribution in [1.82, 2.24) is 4.90 Å². The minimum Gasteiger partial charge on any atom is -0.444 e. The van der Waals surface area contributed by atoms with E-state index in [9.17, 15) is 9.90 Å². The fourth-order valence-electron chi connectivity index (χ4n) is 1.94. The molecule has 4 heteroatoms. The first kappa shape index (κ1) is 13.3. The molecule has 0 saturated carbocycles. The fourth-order valence-corrected chi connectivity index (χ4v) is 1.94. The summed E-state index contributed by atoms with van der Waals surface area (Å²) in [6.45, 7) is 10.6. The number of ether oxygens (including phenoxy) is 1. The Morgan fingerprint density at radius 1 is 1.38 bits per heavy atom. The van der Waals surface area contributed by atoms with Gasteiger partial charge in [0, 0.05) is 12.5 Å². The van der Waals surface area contributed by atoms with E-state index in [1.165, 1.54) is 0 Å². The van der Waals surface area contributed by atoms with E-state index in [0.717, 1.165) is 0 Å². The highest BCUT2D eigenvalue weighted by molar-refractivity contribution is 5.68. The Morgan fingerprint density at radius 2 is 1.94 bits per heavy atom. The van der Waals surface area contributed by atoms with Gasteiger partial charge in [0.25, 0.3) is 0 Å². The zero-order chi connectivity index (χ0) is 12.5. The number of hydrogen-bond acceptors (Lipinski definition) is 3. The highest BCUT2D eigenvalue weighted by atomic mass is 16.6. The summed E-state index contributed by atoms with van der Waals surface area (Å²) >= 11 is 0. The van der Waals surface area contributed by atoms with Gasteiger partial charge in [-0.2, -0.15) is 0 Å². The zero-order valence-corrected chi connectivity index (χ0v) is 10.9. The Balaban J connectivity index is 2.55. The van der Waals surface area contributed by atoms with Crippen LogP contribution in [-0.4, -0.2) is 40.9 Å². The van der Waals surface area contributed by atoms with E-state index in [0.29, 0.717) is 19.0 Å². The van der Waals surface area contributed by atoms with Crippen LogP contribution in [0.15, 0.2) is 0 Å². The van der Waals surface area contributed by atoms with Crippen molar-refractivity contribution in [3.63, 3.8) is 0 Å². The minimum atomic E-state index is -0.474.